The Balaban J connectivity index is 1.48. The Labute approximate surface area is 164 Å². The fourth-order valence-corrected chi connectivity index (χ4v) is 3.51. The van der Waals surface area contributed by atoms with Crippen LogP contribution in [0.3, 0.4) is 0 Å². The SMILES string of the molecule is CCOc1cc(C=CC(=O)N2CCCCC2c2noc(C3CC3)n2)ccc1O. The molecule has 1 atom stereocenters. The van der Waals surface area contributed by atoms with Crippen LogP contribution in [0.1, 0.15) is 68.3 Å². The topological polar surface area (TPSA) is 88.7 Å². The van der Waals surface area contributed by atoms with Crippen LogP contribution in [0.5, 0.6) is 11.5 Å². The number of nitrogens with zero attached hydrogens (tertiary/aromatic N) is 3. The van der Waals surface area contributed by atoms with Crippen LogP contribution in [0.2, 0.25) is 0 Å². The van der Waals surface area contributed by atoms with Crippen LogP contribution >= 0.6 is 0 Å². The van der Waals surface area contributed by atoms with Crippen molar-refractivity contribution in [2.75, 3.05) is 13.2 Å². The molecule has 1 aliphatic heterocycles. The highest BCUT2D eigenvalue weighted by atomic mass is 16.5. The zero-order valence-electron chi connectivity index (χ0n) is 16.0. The van der Waals surface area contributed by atoms with Gasteiger partial charge in [0.15, 0.2) is 17.3 Å². The van der Waals surface area contributed by atoms with Crippen molar-refractivity contribution in [1.82, 2.24) is 15.0 Å². The molecular weight excluding hydrogens is 358 g/mol. The van der Waals surface area contributed by atoms with Crippen molar-refractivity contribution >= 4 is 12.0 Å². The van der Waals surface area contributed by atoms with Crippen molar-refractivity contribution in [1.29, 1.82) is 0 Å². The van der Waals surface area contributed by atoms with Crippen molar-refractivity contribution in [3.05, 3.63) is 41.6 Å². The molecule has 2 heterocycles. The van der Waals surface area contributed by atoms with Crippen LogP contribution in [-0.4, -0.2) is 39.2 Å². The van der Waals surface area contributed by atoms with Gasteiger partial charge in [0.2, 0.25) is 11.8 Å². The smallest absolute Gasteiger partial charge is 0.247 e. The van der Waals surface area contributed by atoms with Gasteiger partial charge >= 0.3 is 0 Å². The minimum Gasteiger partial charge on any atom is -0.504 e. The minimum absolute atomic E-state index is 0.0755. The fraction of sp³-hybridized carbons (Fsp3) is 0.476. The van der Waals surface area contributed by atoms with Gasteiger partial charge in [-0.15, -0.1) is 0 Å². The molecule has 1 amide bonds. The Morgan fingerprint density at radius 2 is 2.21 bits per heavy atom. The van der Waals surface area contributed by atoms with Crippen molar-refractivity contribution in [3.8, 4) is 11.5 Å². The van der Waals surface area contributed by atoms with E-state index in [-0.39, 0.29) is 17.7 Å². The fourth-order valence-electron chi connectivity index (χ4n) is 3.51. The lowest BCUT2D eigenvalue weighted by molar-refractivity contribution is -0.129. The van der Waals surface area contributed by atoms with Crippen LogP contribution in [0.25, 0.3) is 6.08 Å². The second-order valence-corrected chi connectivity index (χ2v) is 7.30. The van der Waals surface area contributed by atoms with E-state index in [0.717, 1.165) is 37.7 Å². The number of hydrogen-bond donors (Lipinski definition) is 1. The number of rotatable bonds is 6. The number of aromatic hydroxyl groups is 1. The molecule has 1 aromatic carbocycles. The molecule has 1 unspecified atom stereocenters. The number of carbonyl (C=O) groups excluding carboxylic acids is 1. The number of aromatic nitrogens is 2. The predicted octanol–water partition coefficient (Wildman–Crippen LogP) is 3.82. The molecule has 1 aromatic heterocycles. The summed E-state index contributed by atoms with van der Waals surface area (Å²) in [6, 6.07) is 4.90. The molecule has 2 aromatic rings. The number of benzene rings is 1. The number of phenolic OH excluding ortho intramolecular Hbond substituents is 1. The van der Waals surface area contributed by atoms with E-state index in [4.69, 9.17) is 9.26 Å². The number of phenols is 1. The van der Waals surface area contributed by atoms with Gasteiger partial charge in [-0.05, 0) is 62.8 Å². The molecule has 7 nitrogen and oxygen atoms in total. The molecular formula is C21H25N3O4. The summed E-state index contributed by atoms with van der Waals surface area (Å²) in [5.74, 6) is 2.15. The van der Waals surface area contributed by atoms with Crippen molar-refractivity contribution in [2.24, 2.45) is 0 Å². The predicted molar refractivity (Wildman–Crippen MR) is 103 cm³/mol. The molecule has 1 aliphatic carbocycles. The number of likely N-dealkylation sites (tertiary alicyclic amines) is 1. The average molecular weight is 383 g/mol. The zero-order valence-corrected chi connectivity index (χ0v) is 16.0. The lowest BCUT2D eigenvalue weighted by Crippen LogP contribution is -2.38. The molecule has 7 heteroatoms. The minimum atomic E-state index is -0.138. The first-order chi connectivity index (χ1) is 13.7. The van der Waals surface area contributed by atoms with Crippen LogP contribution in [0.4, 0.5) is 0 Å². The molecule has 0 spiro atoms. The Morgan fingerprint density at radius 3 is 3.00 bits per heavy atom. The Hall–Kier alpha value is -2.83. The van der Waals surface area contributed by atoms with Gasteiger partial charge < -0.3 is 19.3 Å². The first-order valence-electron chi connectivity index (χ1n) is 9.93. The second kappa shape index (κ2) is 8.04. The second-order valence-electron chi connectivity index (χ2n) is 7.30. The normalized spacial score (nSPS) is 19.9. The van der Waals surface area contributed by atoms with Gasteiger partial charge in [0.05, 0.1) is 12.6 Å². The van der Waals surface area contributed by atoms with E-state index in [1.165, 1.54) is 0 Å². The van der Waals surface area contributed by atoms with E-state index in [9.17, 15) is 9.90 Å². The number of hydrogen-bond acceptors (Lipinski definition) is 6. The van der Waals surface area contributed by atoms with E-state index in [1.807, 2.05) is 11.8 Å². The van der Waals surface area contributed by atoms with E-state index in [2.05, 4.69) is 10.1 Å². The maximum atomic E-state index is 12.9. The summed E-state index contributed by atoms with van der Waals surface area (Å²) in [7, 11) is 0. The van der Waals surface area contributed by atoms with Gasteiger partial charge in [-0.25, -0.2) is 0 Å². The number of piperidine rings is 1. The molecule has 1 N–H and O–H groups in total. The quantitative estimate of drug-likeness (QED) is 0.763. The number of carbonyl (C=O) groups is 1. The number of ether oxygens (including phenoxy) is 1. The van der Waals surface area contributed by atoms with Crippen LogP contribution in [0, 0.1) is 0 Å². The molecule has 4 rings (SSSR count). The summed E-state index contributed by atoms with van der Waals surface area (Å²) >= 11 is 0. The first kappa shape index (κ1) is 18.5. The van der Waals surface area contributed by atoms with Gasteiger partial charge in [-0.2, -0.15) is 4.98 Å². The van der Waals surface area contributed by atoms with E-state index in [1.54, 1.807) is 30.4 Å². The third kappa shape index (κ3) is 4.03. The Morgan fingerprint density at radius 1 is 1.36 bits per heavy atom. The third-order valence-electron chi connectivity index (χ3n) is 5.17. The summed E-state index contributed by atoms with van der Waals surface area (Å²) in [6.45, 7) is 3.00. The summed E-state index contributed by atoms with van der Waals surface area (Å²) in [6.07, 6.45) is 8.36. The highest BCUT2D eigenvalue weighted by Crippen LogP contribution is 2.40. The average Bonchev–Trinajstić information content (AvgIpc) is 3.45. The summed E-state index contributed by atoms with van der Waals surface area (Å²) < 4.78 is 10.8. The monoisotopic (exact) mass is 383 g/mol. The summed E-state index contributed by atoms with van der Waals surface area (Å²) in [5.41, 5.74) is 0.791. The van der Waals surface area contributed by atoms with Crippen molar-refractivity contribution in [3.63, 3.8) is 0 Å². The van der Waals surface area contributed by atoms with Gasteiger partial charge in [0.25, 0.3) is 0 Å². The molecule has 0 bridgehead atoms. The molecule has 1 saturated carbocycles. The lowest BCUT2D eigenvalue weighted by atomic mass is 10.0. The third-order valence-corrected chi connectivity index (χ3v) is 5.17. The molecule has 1 saturated heterocycles. The van der Waals surface area contributed by atoms with E-state index >= 15 is 0 Å². The molecule has 148 valence electrons. The highest BCUT2D eigenvalue weighted by molar-refractivity contribution is 5.92. The molecule has 2 aliphatic rings. The van der Waals surface area contributed by atoms with Gasteiger partial charge in [0.1, 0.15) is 0 Å². The molecule has 2 fully saturated rings. The zero-order chi connectivity index (χ0) is 19.5. The van der Waals surface area contributed by atoms with Crippen LogP contribution < -0.4 is 4.74 Å². The van der Waals surface area contributed by atoms with Crippen LogP contribution in [-0.2, 0) is 4.79 Å². The molecule has 28 heavy (non-hydrogen) atoms. The lowest BCUT2D eigenvalue weighted by Gasteiger charge is -2.33. The van der Waals surface area contributed by atoms with E-state index in [0.29, 0.717) is 36.5 Å². The largest absolute Gasteiger partial charge is 0.504 e. The van der Waals surface area contributed by atoms with Crippen molar-refractivity contribution in [2.45, 2.75) is 51.0 Å². The Kier molecular flexibility index (Phi) is 5.32. The van der Waals surface area contributed by atoms with Gasteiger partial charge in [-0.3, -0.25) is 4.79 Å². The standard InChI is InChI=1S/C21H25N3O4/c1-2-27-18-13-14(6-10-17(18)25)7-11-19(26)24-12-4-3-5-16(24)20-22-21(28-23-20)15-8-9-15/h6-7,10-11,13,15-16,25H,2-5,8-9,12H2,1H3. The first-order valence-corrected chi connectivity index (χ1v) is 9.93. The van der Waals surface area contributed by atoms with Crippen LogP contribution in [0.15, 0.2) is 28.8 Å². The summed E-state index contributed by atoms with van der Waals surface area (Å²) in [4.78, 5) is 19.2. The maximum Gasteiger partial charge on any atom is 0.247 e. The maximum absolute atomic E-state index is 12.9. The number of amides is 1. The van der Waals surface area contributed by atoms with E-state index < -0.39 is 0 Å². The molecule has 0 radical (unpaired) electrons. The van der Waals surface area contributed by atoms with Gasteiger partial charge in [-0.1, -0.05) is 11.2 Å². The Bertz CT molecular complexity index is 872. The van der Waals surface area contributed by atoms with Crippen molar-refractivity contribution < 1.29 is 19.2 Å². The summed E-state index contributed by atoms with van der Waals surface area (Å²) in [5, 5.41) is 14.0. The van der Waals surface area contributed by atoms with Gasteiger partial charge in [0, 0.05) is 18.5 Å². The highest BCUT2D eigenvalue weighted by Gasteiger charge is 2.34.